The molecule has 4 fully saturated rings. The zero-order valence-corrected chi connectivity index (χ0v) is 21.7. The molecule has 4 saturated carbocycles. The molecule has 0 saturated heterocycles. The number of fused-ring (bicyclic) bond motifs is 5. The van der Waals surface area contributed by atoms with Crippen LogP contribution in [-0.2, 0) is 9.84 Å². The van der Waals surface area contributed by atoms with Crippen LogP contribution >= 0.6 is 0 Å². The van der Waals surface area contributed by atoms with Crippen molar-refractivity contribution in [2.24, 2.45) is 46.3 Å². The van der Waals surface area contributed by atoms with Gasteiger partial charge in [0.2, 0.25) is 0 Å². The summed E-state index contributed by atoms with van der Waals surface area (Å²) in [6.07, 6.45) is 12.0. The first-order valence-corrected chi connectivity index (χ1v) is 15.3. The molecule has 9 atom stereocenters. The molecular weight excluding hydrogens is 428 g/mol. The fraction of sp³-hybridized carbons (Fsp3) is 0.793. The lowest BCUT2D eigenvalue weighted by molar-refractivity contribution is -0.155. The van der Waals surface area contributed by atoms with E-state index in [4.69, 9.17) is 0 Å². The van der Waals surface area contributed by atoms with Gasteiger partial charge in [-0.15, -0.1) is 0 Å². The highest BCUT2D eigenvalue weighted by Crippen LogP contribution is 2.67. The summed E-state index contributed by atoms with van der Waals surface area (Å²) in [5, 5.41) is 10.3. The van der Waals surface area contributed by atoms with E-state index in [0.717, 1.165) is 30.6 Å². The van der Waals surface area contributed by atoms with Crippen LogP contribution in [0, 0.1) is 46.3 Å². The maximum Gasteiger partial charge on any atom is 0.178 e. The van der Waals surface area contributed by atoms with Crippen molar-refractivity contribution >= 4 is 9.84 Å². The molecule has 0 spiro atoms. The van der Waals surface area contributed by atoms with E-state index in [1.54, 1.807) is 12.1 Å². The van der Waals surface area contributed by atoms with Crippen LogP contribution in [-0.4, -0.2) is 25.4 Å². The molecule has 0 aromatic heterocycles. The quantitative estimate of drug-likeness (QED) is 0.544. The van der Waals surface area contributed by atoms with Gasteiger partial charge in [0.15, 0.2) is 9.84 Å². The van der Waals surface area contributed by atoms with Crippen LogP contribution in [0.15, 0.2) is 35.2 Å². The average molecular weight is 473 g/mol. The lowest BCUT2D eigenvalue weighted by Gasteiger charge is -2.64. The van der Waals surface area contributed by atoms with Crippen LogP contribution in [0.25, 0.3) is 0 Å². The Balaban J connectivity index is 1.36. The van der Waals surface area contributed by atoms with Gasteiger partial charge in [-0.05, 0) is 116 Å². The lowest BCUT2D eigenvalue weighted by Crippen LogP contribution is -2.57. The number of hydrogen-bond acceptors (Lipinski definition) is 3. The number of rotatable bonds is 4. The van der Waals surface area contributed by atoms with Gasteiger partial charge in [0, 0.05) is 0 Å². The van der Waals surface area contributed by atoms with Crippen LogP contribution in [0.3, 0.4) is 0 Å². The van der Waals surface area contributed by atoms with Crippen molar-refractivity contribution in [3.05, 3.63) is 30.3 Å². The fourth-order valence-electron chi connectivity index (χ4n) is 9.60. The summed E-state index contributed by atoms with van der Waals surface area (Å²) in [5.74, 6) is 3.98. The molecule has 184 valence electrons. The molecule has 4 aliphatic rings. The molecule has 0 heterocycles. The van der Waals surface area contributed by atoms with Crippen LogP contribution in [0.2, 0.25) is 0 Å². The second-order valence-corrected chi connectivity index (χ2v) is 14.8. The van der Waals surface area contributed by atoms with Crippen molar-refractivity contribution < 1.29 is 13.5 Å². The van der Waals surface area contributed by atoms with Gasteiger partial charge in [0.05, 0.1) is 16.8 Å². The topological polar surface area (TPSA) is 54.4 Å². The third kappa shape index (κ3) is 4.01. The van der Waals surface area contributed by atoms with Crippen LogP contribution in [0.4, 0.5) is 0 Å². The summed E-state index contributed by atoms with van der Waals surface area (Å²) in [7, 11) is -3.25. The molecule has 33 heavy (non-hydrogen) atoms. The van der Waals surface area contributed by atoms with E-state index in [1.807, 2.05) is 18.2 Å². The predicted octanol–water partition coefficient (Wildman–Crippen LogP) is 6.51. The summed E-state index contributed by atoms with van der Waals surface area (Å²) < 4.78 is 26.4. The normalized spacial score (nSPS) is 44.2. The number of aliphatic hydroxyl groups excluding tert-OH is 1. The van der Waals surface area contributed by atoms with Gasteiger partial charge in [-0.3, -0.25) is 0 Å². The van der Waals surface area contributed by atoms with Crippen molar-refractivity contribution in [1.82, 2.24) is 0 Å². The van der Waals surface area contributed by atoms with Gasteiger partial charge in [-0.1, -0.05) is 45.4 Å². The Hall–Kier alpha value is -0.870. The van der Waals surface area contributed by atoms with Gasteiger partial charge in [0.25, 0.3) is 0 Å². The highest BCUT2D eigenvalue weighted by molar-refractivity contribution is 7.91. The fourth-order valence-corrected chi connectivity index (χ4v) is 11.3. The van der Waals surface area contributed by atoms with Crippen molar-refractivity contribution in [1.29, 1.82) is 0 Å². The highest BCUT2D eigenvalue weighted by atomic mass is 32.2. The van der Waals surface area contributed by atoms with Gasteiger partial charge in [-0.2, -0.15) is 0 Å². The van der Waals surface area contributed by atoms with Crippen molar-refractivity contribution in [3.8, 4) is 0 Å². The molecule has 1 aromatic carbocycles. The zero-order chi connectivity index (χ0) is 23.4. The number of hydrogen-bond donors (Lipinski definition) is 1. The van der Waals surface area contributed by atoms with Crippen LogP contribution < -0.4 is 0 Å². The van der Waals surface area contributed by atoms with E-state index in [0.29, 0.717) is 22.1 Å². The van der Waals surface area contributed by atoms with Gasteiger partial charge < -0.3 is 5.11 Å². The molecule has 5 rings (SSSR count). The van der Waals surface area contributed by atoms with Crippen molar-refractivity contribution in [3.63, 3.8) is 0 Å². The first kappa shape index (κ1) is 23.9. The molecule has 1 aromatic rings. The van der Waals surface area contributed by atoms with Crippen LogP contribution in [0.5, 0.6) is 0 Å². The van der Waals surface area contributed by atoms with E-state index >= 15 is 0 Å². The van der Waals surface area contributed by atoms with Gasteiger partial charge in [-0.25, -0.2) is 8.42 Å². The van der Waals surface area contributed by atoms with Crippen molar-refractivity contribution in [2.45, 2.75) is 96.0 Å². The summed E-state index contributed by atoms with van der Waals surface area (Å²) in [6, 6.07) is 9.05. The lowest BCUT2D eigenvalue weighted by atomic mass is 9.41. The molecule has 3 nitrogen and oxygen atoms in total. The molecule has 0 aliphatic heterocycles. The number of sulfone groups is 1. The standard InChI is InChI=1S/C29H44O3S/c1-20(19-33(31,32)23-8-5-4-6-9-23)25-10-7-11-26-24-13-12-21-18-22(30)14-16-28(21,2)27(24)15-17-29(25,26)3/h4-6,8-9,20-22,24-27,30H,7,10-19H2,1-3H3/t20-,21+,22+,24+,25-,26+,27+,28+,29-/m1/s1. The minimum Gasteiger partial charge on any atom is -0.393 e. The summed E-state index contributed by atoms with van der Waals surface area (Å²) in [5.41, 5.74) is 0.668. The second kappa shape index (κ2) is 8.66. The number of benzene rings is 1. The molecule has 4 aliphatic carbocycles. The first-order chi connectivity index (χ1) is 15.6. The van der Waals surface area contributed by atoms with Crippen molar-refractivity contribution in [2.75, 3.05) is 5.75 Å². The Kier molecular flexibility index (Phi) is 6.26. The zero-order valence-electron chi connectivity index (χ0n) is 20.9. The average Bonchev–Trinajstić information content (AvgIpc) is 2.79. The highest BCUT2D eigenvalue weighted by Gasteiger charge is 2.59. The molecule has 0 radical (unpaired) electrons. The number of aliphatic hydroxyl groups is 1. The monoisotopic (exact) mass is 472 g/mol. The second-order valence-electron chi connectivity index (χ2n) is 12.7. The molecule has 0 bridgehead atoms. The van der Waals surface area contributed by atoms with E-state index in [1.165, 1.54) is 51.4 Å². The molecule has 0 amide bonds. The SMILES string of the molecule is C[C@H](CS(=O)(=O)c1ccccc1)[C@H]1CCC[C@H]2[C@@H]3CC[C@H]4C[C@@H](O)CC[C@]4(C)[C@H]3CC[C@]12C. The molecule has 0 unspecified atom stereocenters. The Labute approximate surface area is 201 Å². The van der Waals surface area contributed by atoms with Crippen LogP contribution in [0.1, 0.15) is 85.0 Å². The Morgan fingerprint density at radius 1 is 0.939 bits per heavy atom. The maximum absolute atomic E-state index is 13.2. The summed E-state index contributed by atoms with van der Waals surface area (Å²) in [6.45, 7) is 7.30. The van der Waals surface area contributed by atoms with Gasteiger partial charge >= 0.3 is 0 Å². The largest absolute Gasteiger partial charge is 0.393 e. The summed E-state index contributed by atoms with van der Waals surface area (Å²) >= 11 is 0. The Morgan fingerprint density at radius 3 is 2.39 bits per heavy atom. The Morgan fingerprint density at radius 2 is 1.64 bits per heavy atom. The summed E-state index contributed by atoms with van der Waals surface area (Å²) in [4.78, 5) is 0.476. The minimum atomic E-state index is -3.25. The first-order valence-electron chi connectivity index (χ1n) is 13.6. The maximum atomic E-state index is 13.2. The van der Waals surface area contributed by atoms with E-state index in [9.17, 15) is 13.5 Å². The Bertz CT molecular complexity index is 943. The van der Waals surface area contributed by atoms with E-state index in [-0.39, 0.29) is 23.2 Å². The molecule has 1 N–H and O–H groups in total. The third-order valence-electron chi connectivity index (χ3n) is 11.2. The molecular formula is C29H44O3S. The van der Waals surface area contributed by atoms with Gasteiger partial charge in [0.1, 0.15) is 0 Å². The smallest absolute Gasteiger partial charge is 0.178 e. The van der Waals surface area contributed by atoms with E-state index in [2.05, 4.69) is 20.8 Å². The molecule has 4 heteroatoms. The minimum absolute atomic E-state index is 0.0834. The third-order valence-corrected chi connectivity index (χ3v) is 13.2. The van der Waals surface area contributed by atoms with E-state index < -0.39 is 9.84 Å². The predicted molar refractivity (Wildman–Crippen MR) is 133 cm³/mol.